The lowest BCUT2D eigenvalue weighted by Crippen LogP contribution is -2.50. The first-order valence-corrected chi connectivity index (χ1v) is 10.7. The largest absolute Gasteiger partial charge is 0.348 e. The van der Waals surface area contributed by atoms with Gasteiger partial charge in [0.2, 0.25) is 21.8 Å². The molecule has 1 aliphatic heterocycles. The predicted octanol–water partition coefficient (Wildman–Crippen LogP) is 1.39. The van der Waals surface area contributed by atoms with Gasteiger partial charge in [0.05, 0.1) is 4.90 Å². The fourth-order valence-electron chi connectivity index (χ4n) is 2.99. The van der Waals surface area contributed by atoms with Crippen molar-refractivity contribution in [3.05, 3.63) is 78.4 Å². The van der Waals surface area contributed by atoms with Gasteiger partial charge in [0.1, 0.15) is 0 Å². The Morgan fingerprint density at radius 2 is 1.45 bits per heavy atom. The number of hydrogen-bond acceptors (Lipinski definition) is 4. The maximum absolute atomic E-state index is 12.6. The Labute approximate surface area is 170 Å². The molecule has 1 fully saturated rings. The van der Waals surface area contributed by atoms with Crippen LogP contribution in [-0.4, -0.2) is 55.6 Å². The fourth-order valence-corrected chi connectivity index (χ4v) is 4.43. The predicted molar refractivity (Wildman–Crippen MR) is 109 cm³/mol. The molecule has 1 aliphatic rings. The van der Waals surface area contributed by atoms with Gasteiger partial charge in [0.15, 0.2) is 0 Å². The minimum atomic E-state index is -3.56. The van der Waals surface area contributed by atoms with Gasteiger partial charge in [-0.1, -0.05) is 48.5 Å². The summed E-state index contributed by atoms with van der Waals surface area (Å²) in [6.45, 7) is 1.38. The van der Waals surface area contributed by atoms with Crippen LogP contribution in [0.1, 0.15) is 5.56 Å². The average Bonchev–Trinajstić information content (AvgIpc) is 2.77. The topological polar surface area (TPSA) is 86.8 Å². The SMILES string of the molecule is O=C(/C=C/C(=O)N1CCN(S(=O)(=O)c2ccccc2)CC1)NCc1ccccc1. The summed E-state index contributed by atoms with van der Waals surface area (Å²) >= 11 is 0. The lowest BCUT2D eigenvalue weighted by Gasteiger charge is -2.33. The van der Waals surface area contributed by atoms with Crippen molar-refractivity contribution in [2.45, 2.75) is 11.4 Å². The second-order valence-corrected chi connectivity index (χ2v) is 8.52. The summed E-state index contributed by atoms with van der Waals surface area (Å²) in [7, 11) is -3.56. The van der Waals surface area contributed by atoms with Crippen LogP contribution in [0.15, 0.2) is 77.7 Å². The van der Waals surface area contributed by atoms with E-state index in [1.54, 1.807) is 30.3 Å². The third kappa shape index (κ3) is 5.52. The molecule has 0 saturated carbocycles. The van der Waals surface area contributed by atoms with Gasteiger partial charge >= 0.3 is 0 Å². The molecule has 0 atom stereocenters. The monoisotopic (exact) mass is 413 g/mol. The zero-order chi connectivity index (χ0) is 20.7. The molecule has 1 saturated heterocycles. The molecule has 1 N–H and O–H groups in total. The number of amides is 2. The molecule has 152 valence electrons. The third-order valence-corrected chi connectivity index (χ3v) is 6.53. The highest BCUT2D eigenvalue weighted by atomic mass is 32.2. The van der Waals surface area contributed by atoms with Crippen LogP contribution in [0.4, 0.5) is 0 Å². The highest BCUT2D eigenvalue weighted by Gasteiger charge is 2.29. The second kappa shape index (κ2) is 9.49. The van der Waals surface area contributed by atoms with Crippen LogP contribution in [0.25, 0.3) is 0 Å². The molecule has 2 aromatic carbocycles. The summed E-state index contributed by atoms with van der Waals surface area (Å²) in [5, 5.41) is 2.72. The molecule has 0 radical (unpaired) electrons. The molecule has 0 aliphatic carbocycles. The van der Waals surface area contributed by atoms with Crippen LogP contribution in [-0.2, 0) is 26.2 Å². The first kappa shape index (κ1) is 20.8. The van der Waals surface area contributed by atoms with E-state index < -0.39 is 10.0 Å². The van der Waals surface area contributed by atoms with E-state index in [0.29, 0.717) is 6.54 Å². The van der Waals surface area contributed by atoms with Crippen molar-refractivity contribution in [1.82, 2.24) is 14.5 Å². The van der Waals surface area contributed by atoms with Crippen LogP contribution in [0.3, 0.4) is 0 Å². The summed E-state index contributed by atoms with van der Waals surface area (Å²) in [6.07, 6.45) is 2.43. The van der Waals surface area contributed by atoms with Crippen molar-refractivity contribution >= 4 is 21.8 Å². The zero-order valence-electron chi connectivity index (χ0n) is 15.9. The number of carbonyl (C=O) groups excluding carboxylic acids is 2. The molecular formula is C21H23N3O4S. The molecule has 2 amide bonds. The van der Waals surface area contributed by atoms with Crippen molar-refractivity contribution in [3.63, 3.8) is 0 Å². The average molecular weight is 413 g/mol. The molecule has 0 unspecified atom stereocenters. The maximum atomic E-state index is 12.6. The molecular weight excluding hydrogens is 390 g/mol. The van der Waals surface area contributed by atoms with Crippen molar-refractivity contribution in [2.75, 3.05) is 26.2 Å². The number of nitrogens with zero attached hydrogens (tertiary/aromatic N) is 2. The minimum absolute atomic E-state index is 0.219. The molecule has 29 heavy (non-hydrogen) atoms. The summed E-state index contributed by atoms with van der Waals surface area (Å²) in [4.78, 5) is 26.0. The van der Waals surface area contributed by atoms with E-state index in [2.05, 4.69) is 5.32 Å². The molecule has 3 rings (SSSR count). The van der Waals surface area contributed by atoms with Gasteiger partial charge in [-0.2, -0.15) is 4.31 Å². The Morgan fingerprint density at radius 3 is 2.07 bits per heavy atom. The van der Waals surface area contributed by atoms with E-state index in [1.165, 1.54) is 21.4 Å². The van der Waals surface area contributed by atoms with Gasteiger partial charge in [0, 0.05) is 44.9 Å². The summed E-state index contributed by atoms with van der Waals surface area (Å²) in [6, 6.07) is 17.7. The number of nitrogens with one attached hydrogen (secondary N) is 1. The van der Waals surface area contributed by atoms with Gasteiger partial charge in [-0.3, -0.25) is 9.59 Å². The van der Waals surface area contributed by atoms with Gasteiger partial charge < -0.3 is 10.2 Å². The normalized spacial score (nSPS) is 15.4. The van der Waals surface area contributed by atoms with Crippen molar-refractivity contribution in [3.8, 4) is 0 Å². The van der Waals surface area contributed by atoms with Crippen LogP contribution >= 0.6 is 0 Å². The van der Waals surface area contributed by atoms with E-state index in [9.17, 15) is 18.0 Å². The lowest BCUT2D eigenvalue weighted by molar-refractivity contribution is -0.127. The van der Waals surface area contributed by atoms with E-state index in [4.69, 9.17) is 0 Å². The molecule has 0 bridgehead atoms. The first-order chi connectivity index (χ1) is 14.0. The Bertz CT molecular complexity index is 968. The number of hydrogen-bond donors (Lipinski definition) is 1. The van der Waals surface area contributed by atoms with Crippen LogP contribution in [0.2, 0.25) is 0 Å². The molecule has 7 nitrogen and oxygen atoms in total. The van der Waals surface area contributed by atoms with E-state index in [1.807, 2.05) is 30.3 Å². The van der Waals surface area contributed by atoms with Crippen molar-refractivity contribution < 1.29 is 18.0 Å². The smallest absolute Gasteiger partial charge is 0.246 e. The van der Waals surface area contributed by atoms with Crippen molar-refractivity contribution in [1.29, 1.82) is 0 Å². The molecule has 0 spiro atoms. The first-order valence-electron chi connectivity index (χ1n) is 9.31. The van der Waals surface area contributed by atoms with Crippen LogP contribution < -0.4 is 5.32 Å². The summed E-state index contributed by atoms with van der Waals surface area (Å²) in [5.41, 5.74) is 0.969. The lowest BCUT2D eigenvalue weighted by atomic mass is 10.2. The molecule has 2 aromatic rings. The van der Waals surface area contributed by atoms with Gasteiger partial charge in [-0.15, -0.1) is 0 Å². The quantitative estimate of drug-likeness (QED) is 0.725. The van der Waals surface area contributed by atoms with Gasteiger partial charge in [0.25, 0.3) is 0 Å². The summed E-state index contributed by atoms with van der Waals surface area (Å²) in [5.74, 6) is -0.663. The second-order valence-electron chi connectivity index (χ2n) is 6.58. The van der Waals surface area contributed by atoms with E-state index in [-0.39, 0.29) is 42.9 Å². The Balaban J connectivity index is 1.48. The number of sulfonamides is 1. The molecule has 0 aromatic heterocycles. The maximum Gasteiger partial charge on any atom is 0.246 e. The number of rotatable bonds is 6. The Morgan fingerprint density at radius 1 is 0.862 bits per heavy atom. The number of benzene rings is 2. The Kier molecular flexibility index (Phi) is 6.79. The van der Waals surface area contributed by atoms with Crippen LogP contribution in [0, 0.1) is 0 Å². The minimum Gasteiger partial charge on any atom is -0.348 e. The highest BCUT2D eigenvalue weighted by Crippen LogP contribution is 2.17. The fraction of sp³-hybridized carbons (Fsp3) is 0.238. The number of piperazine rings is 1. The molecule has 8 heteroatoms. The van der Waals surface area contributed by atoms with Crippen molar-refractivity contribution in [2.24, 2.45) is 0 Å². The third-order valence-electron chi connectivity index (χ3n) is 4.62. The Hall–Kier alpha value is -2.97. The van der Waals surface area contributed by atoms with Gasteiger partial charge in [-0.25, -0.2) is 8.42 Å². The number of carbonyl (C=O) groups is 2. The standard InChI is InChI=1S/C21H23N3O4S/c25-20(22-17-18-7-3-1-4-8-18)11-12-21(26)23-13-15-24(16-14-23)29(27,28)19-9-5-2-6-10-19/h1-12H,13-17H2,(H,22,25)/b12-11+. The zero-order valence-corrected chi connectivity index (χ0v) is 16.7. The summed E-state index contributed by atoms with van der Waals surface area (Å²) < 4.78 is 26.6. The molecule has 1 heterocycles. The van der Waals surface area contributed by atoms with E-state index >= 15 is 0 Å². The van der Waals surface area contributed by atoms with E-state index in [0.717, 1.165) is 5.56 Å². The van der Waals surface area contributed by atoms with Crippen LogP contribution in [0.5, 0.6) is 0 Å². The highest BCUT2D eigenvalue weighted by molar-refractivity contribution is 7.89. The van der Waals surface area contributed by atoms with Gasteiger partial charge in [-0.05, 0) is 17.7 Å².